The molecule has 74 valence electrons. The van der Waals surface area contributed by atoms with Crippen LogP contribution in [0, 0.1) is 0 Å². The number of carbonyl (C=O) groups is 1. The van der Waals surface area contributed by atoms with Gasteiger partial charge in [-0.25, -0.2) is 4.79 Å². The van der Waals surface area contributed by atoms with Crippen LogP contribution in [0.2, 0.25) is 0 Å². The molecule has 1 N–H and O–H groups in total. The largest absolute Gasteiger partial charge is 0.465 e. The first-order chi connectivity index (χ1) is 6.29. The normalized spacial score (nSPS) is 29.8. The molecule has 1 atom stereocenters. The molecule has 0 aromatic carbocycles. The highest BCUT2D eigenvalue weighted by molar-refractivity contribution is 5.65. The van der Waals surface area contributed by atoms with Crippen molar-refractivity contribution in [2.45, 2.75) is 31.8 Å². The standard InChI is InChI=1S/C9H16N2O2/c12-9(13)11-7-2-1-4-8(11)10-5-3-6-10/h8H,1-7H2,(H,12,13). The minimum atomic E-state index is -0.753. The fourth-order valence-electron chi connectivity index (χ4n) is 2.16. The summed E-state index contributed by atoms with van der Waals surface area (Å²) in [4.78, 5) is 14.8. The first-order valence-electron chi connectivity index (χ1n) is 5.02. The van der Waals surface area contributed by atoms with Crippen LogP contribution in [-0.4, -0.2) is 46.8 Å². The first kappa shape index (κ1) is 8.81. The van der Waals surface area contributed by atoms with E-state index in [2.05, 4.69) is 4.90 Å². The van der Waals surface area contributed by atoms with Gasteiger partial charge in [-0.1, -0.05) is 0 Å². The SMILES string of the molecule is O=C(O)N1CCCCC1N1CCC1. The third-order valence-corrected chi connectivity index (χ3v) is 3.03. The second kappa shape index (κ2) is 3.54. The fourth-order valence-corrected chi connectivity index (χ4v) is 2.16. The highest BCUT2D eigenvalue weighted by atomic mass is 16.4. The van der Waals surface area contributed by atoms with Crippen molar-refractivity contribution in [3.8, 4) is 0 Å². The van der Waals surface area contributed by atoms with Gasteiger partial charge in [0.25, 0.3) is 0 Å². The Morgan fingerprint density at radius 3 is 2.46 bits per heavy atom. The van der Waals surface area contributed by atoms with Crippen molar-refractivity contribution in [3.05, 3.63) is 0 Å². The van der Waals surface area contributed by atoms with Crippen LogP contribution in [0.15, 0.2) is 0 Å². The van der Waals surface area contributed by atoms with Crippen molar-refractivity contribution >= 4 is 6.09 Å². The topological polar surface area (TPSA) is 43.8 Å². The van der Waals surface area contributed by atoms with E-state index < -0.39 is 6.09 Å². The molecule has 0 saturated carbocycles. The number of likely N-dealkylation sites (tertiary alicyclic amines) is 2. The number of nitrogens with zero attached hydrogens (tertiary/aromatic N) is 2. The summed E-state index contributed by atoms with van der Waals surface area (Å²) < 4.78 is 0. The molecule has 2 heterocycles. The van der Waals surface area contributed by atoms with Crippen LogP contribution in [0.25, 0.3) is 0 Å². The molecule has 1 amide bonds. The summed E-state index contributed by atoms with van der Waals surface area (Å²) in [6, 6.07) is 0. The lowest BCUT2D eigenvalue weighted by molar-refractivity contribution is -0.0113. The maximum atomic E-state index is 10.9. The van der Waals surface area contributed by atoms with Gasteiger partial charge >= 0.3 is 6.09 Å². The summed E-state index contributed by atoms with van der Waals surface area (Å²) in [6.07, 6.45) is 3.87. The molecule has 4 nitrogen and oxygen atoms in total. The van der Waals surface area contributed by atoms with E-state index in [1.54, 1.807) is 4.90 Å². The van der Waals surface area contributed by atoms with Crippen molar-refractivity contribution in [1.82, 2.24) is 9.80 Å². The monoisotopic (exact) mass is 184 g/mol. The molecule has 2 saturated heterocycles. The molecule has 0 aromatic rings. The number of amides is 1. The van der Waals surface area contributed by atoms with Crippen LogP contribution in [0.1, 0.15) is 25.7 Å². The van der Waals surface area contributed by atoms with Crippen molar-refractivity contribution in [1.29, 1.82) is 0 Å². The van der Waals surface area contributed by atoms with Crippen LogP contribution >= 0.6 is 0 Å². The predicted octanol–water partition coefficient (Wildman–Crippen LogP) is 1.18. The molecule has 2 rings (SSSR count). The third kappa shape index (κ3) is 1.63. The number of rotatable bonds is 1. The van der Waals surface area contributed by atoms with E-state index in [-0.39, 0.29) is 6.17 Å². The summed E-state index contributed by atoms with van der Waals surface area (Å²) in [6.45, 7) is 2.87. The lowest BCUT2D eigenvalue weighted by atomic mass is 10.0. The molecule has 0 radical (unpaired) electrons. The second-order valence-electron chi connectivity index (χ2n) is 3.84. The summed E-state index contributed by atoms with van der Waals surface area (Å²) >= 11 is 0. The molecular weight excluding hydrogens is 168 g/mol. The van der Waals surface area contributed by atoms with Gasteiger partial charge in [-0.2, -0.15) is 0 Å². The molecule has 2 fully saturated rings. The van der Waals surface area contributed by atoms with Gasteiger partial charge in [0, 0.05) is 19.6 Å². The van der Waals surface area contributed by atoms with Gasteiger partial charge in [-0.3, -0.25) is 9.80 Å². The van der Waals surface area contributed by atoms with E-state index in [0.717, 1.165) is 32.5 Å². The van der Waals surface area contributed by atoms with Gasteiger partial charge in [-0.05, 0) is 25.7 Å². The smallest absolute Gasteiger partial charge is 0.408 e. The van der Waals surface area contributed by atoms with Crippen LogP contribution in [0.5, 0.6) is 0 Å². The van der Waals surface area contributed by atoms with Gasteiger partial charge in [0.1, 0.15) is 0 Å². The average Bonchev–Trinajstić information content (AvgIpc) is 2.02. The second-order valence-corrected chi connectivity index (χ2v) is 3.84. The Bertz CT molecular complexity index is 204. The molecule has 13 heavy (non-hydrogen) atoms. The Balaban J connectivity index is 1.99. The number of carboxylic acid groups (broad SMARTS) is 1. The fraction of sp³-hybridized carbons (Fsp3) is 0.889. The summed E-state index contributed by atoms with van der Waals surface area (Å²) in [7, 11) is 0. The lowest BCUT2D eigenvalue weighted by Crippen LogP contribution is -2.57. The molecule has 0 spiro atoms. The molecular formula is C9H16N2O2. The average molecular weight is 184 g/mol. The zero-order valence-electron chi connectivity index (χ0n) is 7.78. The Morgan fingerprint density at radius 2 is 1.92 bits per heavy atom. The number of piperidine rings is 1. The van der Waals surface area contributed by atoms with E-state index in [9.17, 15) is 4.79 Å². The molecule has 2 aliphatic rings. The van der Waals surface area contributed by atoms with Crippen molar-refractivity contribution in [3.63, 3.8) is 0 Å². The van der Waals surface area contributed by atoms with Gasteiger partial charge in [0.2, 0.25) is 0 Å². The van der Waals surface area contributed by atoms with Gasteiger partial charge < -0.3 is 5.11 Å². The van der Waals surface area contributed by atoms with Crippen molar-refractivity contribution in [2.75, 3.05) is 19.6 Å². The molecule has 4 heteroatoms. The molecule has 0 aliphatic carbocycles. The zero-order valence-corrected chi connectivity index (χ0v) is 7.78. The molecule has 0 aromatic heterocycles. The van der Waals surface area contributed by atoms with E-state index in [0.29, 0.717) is 0 Å². The molecule has 2 aliphatic heterocycles. The lowest BCUT2D eigenvalue weighted by Gasteiger charge is -2.45. The van der Waals surface area contributed by atoms with Crippen LogP contribution in [0.4, 0.5) is 4.79 Å². The van der Waals surface area contributed by atoms with E-state index in [1.165, 1.54) is 12.8 Å². The van der Waals surface area contributed by atoms with Crippen molar-refractivity contribution in [2.24, 2.45) is 0 Å². The van der Waals surface area contributed by atoms with Crippen LogP contribution < -0.4 is 0 Å². The van der Waals surface area contributed by atoms with E-state index in [4.69, 9.17) is 5.11 Å². The summed E-state index contributed by atoms with van der Waals surface area (Å²) in [5.41, 5.74) is 0. The maximum Gasteiger partial charge on any atom is 0.408 e. The first-order valence-corrected chi connectivity index (χ1v) is 5.02. The van der Waals surface area contributed by atoms with Gasteiger partial charge in [0.15, 0.2) is 0 Å². The van der Waals surface area contributed by atoms with Gasteiger partial charge in [0.05, 0.1) is 6.17 Å². The van der Waals surface area contributed by atoms with Crippen LogP contribution in [0.3, 0.4) is 0 Å². The highest BCUT2D eigenvalue weighted by Crippen LogP contribution is 2.23. The third-order valence-electron chi connectivity index (χ3n) is 3.03. The molecule has 0 bridgehead atoms. The minimum Gasteiger partial charge on any atom is -0.465 e. The summed E-state index contributed by atoms with van der Waals surface area (Å²) in [5.74, 6) is 0. The van der Waals surface area contributed by atoms with E-state index >= 15 is 0 Å². The Kier molecular flexibility index (Phi) is 2.40. The minimum absolute atomic E-state index is 0.181. The Morgan fingerprint density at radius 1 is 1.15 bits per heavy atom. The highest BCUT2D eigenvalue weighted by Gasteiger charge is 2.33. The van der Waals surface area contributed by atoms with Crippen molar-refractivity contribution < 1.29 is 9.90 Å². The van der Waals surface area contributed by atoms with Gasteiger partial charge in [-0.15, -0.1) is 0 Å². The Labute approximate surface area is 78.1 Å². The number of hydrogen-bond donors (Lipinski definition) is 1. The molecule has 1 unspecified atom stereocenters. The Hall–Kier alpha value is -0.770. The quantitative estimate of drug-likeness (QED) is 0.665. The zero-order chi connectivity index (χ0) is 9.26. The number of hydrogen-bond acceptors (Lipinski definition) is 2. The maximum absolute atomic E-state index is 10.9. The summed E-state index contributed by atoms with van der Waals surface area (Å²) in [5, 5.41) is 8.98. The predicted molar refractivity (Wildman–Crippen MR) is 48.6 cm³/mol. The van der Waals surface area contributed by atoms with E-state index in [1.807, 2.05) is 0 Å². The van der Waals surface area contributed by atoms with Crippen LogP contribution in [-0.2, 0) is 0 Å².